The molecule has 7 nitrogen and oxygen atoms in total. The van der Waals surface area contributed by atoms with Gasteiger partial charge in [0.2, 0.25) is 0 Å². The van der Waals surface area contributed by atoms with Gasteiger partial charge >= 0.3 is 5.97 Å². The summed E-state index contributed by atoms with van der Waals surface area (Å²) in [4.78, 5) is 16.2. The number of nitrogens with one attached hydrogen (secondary N) is 2. The van der Waals surface area contributed by atoms with Crippen molar-refractivity contribution < 1.29 is 14.6 Å². The molecular weight excluding hydrogens is 645 g/mol. The number of hydrogen-bond acceptors (Lipinski definition) is 6. The Labute approximate surface area is 312 Å². The fourth-order valence-electron chi connectivity index (χ4n) is 6.38. The number of anilines is 2. The predicted molar refractivity (Wildman–Crippen MR) is 218 cm³/mol. The van der Waals surface area contributed by atoms with E-state index in [1.54, 1.807) is 24.3 Å². The highest BCUT2D eigenvalue weighted by Gasteiger charge is 2.21. The molecule has 0 heterocycles. The number of benzene rings is 3. The molecule has 52 heavy (non-hydrogen) atoms. The van der Waals surface area contributed by atoms with Crippen LogP contribution in [0.1, 0.15) is 93.1 Å². The lowest BCUT2D eigenvalue weighted by Gasteiger charge is -2.34. The van der Waals surface area contributed by atoms with E-state index >= 15 is 0 Å². The third-order valence-corrected chi connectivity index (χ3v) is 9.82. The fourth-order valence-corrected chi connectivity index (χ4v) is 6.38. The Morgan fingerprint density at radius 3 is 2.25 bits per heavy atom. The van der Waals surface area contributed by atoms with E-state index in [0.29, 0.717) is 18.3 Å². The average Bonchev–Trinajstić information content (AvgIpc) is 3.13. The van der Waals surface area contributed by atoms with E-state index in [4.69, 9.17) is 4.74 Å². The highest BCUT2D eigenvalue weighted by atomic mass is 16.5. The molecule has 0 saturated heterocycles. The van der Waals surface area contributed by atoms with Gasteiger partial charge in [-0.3, -0.25) is 4.90 Å². The summed E-state index contributed by atoms with van der Waals surface area (Å²) < 4.78 is 6.14. The standard InChI is InChI=1S/C45H60N4O3/c1-6-10-11-19-44(47-42-18-13-12-17-41(42)35(5)9-4)46-39-24-20-36(21-25-39)34-43(37-15-14-16-37)49(31-30-48(28-7-2)29-8-3)32-33-52-40-26-22-38(23-27-40)45(50)51/h7-8,12-13,17-27,35,46-47H,2-3,6,9-11,14-16,28-34H2,1,4-5H3,(H,50,51)/b44-19+. The minimum Gasteiger partial charge on any atom is -0.492 e. The maximum Gasteiger partial charge on any atom is 0.335 e. The first-order chi connectivity index (χ1) is 25.3. The van der Waals surface area contributed by atoms with Crippen LogP contribution in [0.3, 0.4) is 0 Å². The van der Waals surface area contributed by atoms with Gasteiger partial charge in [0.05, 0.1) is 12.1 Å². The molecule has 1 saturated carbocycles. The number of allylic oxidation sites excluding steroid dienone is 3. The third-order valence-electron chi connectivity index (χ3n) is 9.82. The maximum absolute atomic E-state index is 11.3. The van der Waals surface area contributed by atoms with Gasteiger partial charge < -0.3 is 25.4 Å². The van der Waals surface area contributed by atoms with Crippen LogP contribution in [0.5, 0.6) is 5.75 Å². The summed E-state index contributed by atoms with van der Waals surface area (Å²) >= 11 is 0. The van der Waals surface area contributed by atoms with Crippen LogP contribution < -0.4 is 15.4 Å². The summed E-state index contributed by atoms with van der Waals surface area (Å²) in [5.74, 6) is 1.22. The molecule has 0 bridgehead atoms. The molecular formula is C45H60N4O3. The summed E-state index contributed by atoms with van der Waals surface area (Å²) in [6, 6.07) is 24.2. The molecule has 4 rings (SSSR count). The number of carboxylic acid groups (broad SMARTS) is 1. The molecule has 0 aromatic heterocycles. The molecule has 0 spiro atoms. The number of ether oxygens (including phenoxy) is 1. The molecule has 1 fully saturated rings. The lowest BCUT2D eigenvalue weighted by Crippen LogP contribution is -2.38. The van der Waals surface area contributed by atoms with Gasteiger partial charge in [-0.1, -0.05) is 75.2 Å². The number of nitrogens with zero attached hydrogens (tertiary/aromatic N) is 2. The summed E-state index contributed by atoms with van der Waals surface area (Å²) in [7, 11) is 0. The van der Waals surface area contributed by atoms with Crippen molar-refractivity contribution in [3.05, 3.63) is 138 Å². The molecule has 1 aliphatic rings. The van der Waals surface area contributed by atoms with Crippen LogP contribution in [0.4, 0.5) is 11.4 Å². The number of unbranched alkanes of at least 4 members (excludes halogenated alkanes) is 2. The number of carboxylic acids is 1. The zero-order valence-corrected chi connectivity index (χ0v) is 31.7. The lowest BCUT2D eigenvalue weighted by atomic mass is 9.88. The van der Waals surface area contributed by atoms with Crippen LogP contribution in [0.25, 0.3) is 0 Å². The Kier molecular flexibility index (Phi) is 16.6. The number of para-hydroxylation sites is 1. The van der Waals surface area contributed by atoms with E-state index in [0.717, 1.165) is 94.9 Å². The van der Waals surface area contributed by atoms with Gasteiger partial charge in [0.15, 0.2) is 0 Å². The van der Waals surface area contributed by atoms with Crippen molar-refractivity contribution in [2.75, 3.05) is 50.0 Å². The zero-order valence-electron chi connectivity index (χ0n) is 31.7. The van der Waals surface area contributed by atoms with Crippen LogP contribution in [-0.2, 0) is 6.42 Å². The molecule has 278 valence electrons. The lowest BCUT2D eigenvalue weighted by molar-refractivity contribution is 0.0697. The van der Waals surface area contributed by atoms with Gasteiger partial charge in [0, 0.05) is 49.7 Å². The van der Waals surface area contributed by atoms with E-state index in [-0.39, 0.29) is 5.56 Å². The van der Waals surface area contributed by atoms with Crippen molar-refractivity contribution in [1.82, 2.24) is 9.80 Å². The molecule has 0 aliphatic heterocycles. The van der Waals surface area contributed by atoms with Crippen molar-refractivity contribution in [2.24, 2.45) is 0 Å². The second kappa shape index (κ2) is 21.6. The van der Waals surface area contributed by atoms with Crippen molar-refractivity contribution >= 4 is 17.3 Å². The van der Waals surface area contributed by atoms with Crippen molar-refractivity contribution in [2.45, 2.75) is 78.1 Å². The predicted octanol–water partition coefficient (Wildman–Crippen LogP) is 10.5. The van der Waals surface area contributed by atoms with Gasteiger partial charge in [-0.05, 0) is 104 Å². The monoisotopic (exact) mass is 704 g/mol. The van der Waals surface area contributed by atoms with Crippen LogP contribution >= 0.6 is 0 Å². The maximum atomic E-state index is 11.3. The van der Waals surface area contributed by atoms with E-state index in [2.05, 4.69) is 109 Å². The molecule has 3 aromatic rings. The second-order valence-corrected chi connectivity index (χ2v) is 13.7. The van der Waals surface area contributed by atoms with Crippen molar-refractivity contribution in [3.63, 3.8) is 0 Å². The van der Waals surface area contributed by atoms with Gasteiger partial charge in [0.25, 0.3) is 0 Å². The second-order valence-electron chi connectivity index (χ2n) is 13.7. The Bertz CT molecular complexity index is 1610. The minimum atomic E-state index is -0.940. The topological polar surface area (TPSA) is 77.1 Å². The number of rotatable bonds is 24. The van der Waals surface area contributed by atoms with Crippen molar-refractivity contribution in [3.8, 4) is 5.75 Å². The summed E-state index contributed by atoms with van der Waals surface area (Å²) in [5.41, 5.74) is 7.99. The largest absolute Gasteiger partial charge is 0.492 e. The van der Waals surface area contributed by atoms with E-state index in [1.165, 1.54) is 28.8 Å². The SMILES string of the molecule is C=CCN(CC=C)CCN(CCOc1ccc(C(=O)O)cc1)C(Cc1ccc(N/C(=C\CCCC)Nc2ccccc2C(C)CC)cc1)=C1CCC1. The molecule has 0 amide bonds. The first-order valence-corrected chi connectivity index (χ1v) is 19.1. The Balaban J connectivity index is 1.50. The summed E-state index contributed by atoms with van der Waals surface area (Å²) in [5, 5.41) is 16.7. The zero-order chi connectivity index (χ0) is 37.1. The summed E-state index contributed by atoms with van der Waals surface area (Å²) in [6.07, 6.45) is 14.9. The normalized spacial score (nSPS) is 13.2. The Morgan fingerprint density at radius 2 is 1.63 bits per heavy atom. The molecule has 1 atom stereocenters. The molecule has 3 N–H and O–H groups in total. The van der Waals surface area contributed by atoms with Crippen LogP contribution in [-0.4, -0.2) is 60.2 Å². The van der Waals surface area contributed by atoms with E-state index in [1.807, 2.05) is 12.2 Å². The minimum absolute atomic E-state index is 0.253. The molecule has 1 unspecified atom stereocenters. The van der Waals surface area contributed by atoms with Crippen LogP contribution in [0.2, 0.25) is 0 Å². The third kappa shape index (κ3) is 12.5. The number of hydrogen-bond donors (Lipinski definition) is 3. The highest BCUT2D eigenvalue weighted by molar-refractivity contribution is 5.87. The van der Waals surface area contributed by atoms with Gasteiger partial charge in [-0.2, -0.15) is 0 Å². The van der Waals surface area contributed by atoms with Gasteiger partial charge in [0.1, 0.15) is 18.2 Å². The quantitative estimate of drug-likeness (QED) is 0.0633. The van der Waals surface area contributed by atoms with Gasteiger partial charge in [-0.25, -0.2) is 4.79 Å². The highest BCUT2D eigenvalue weighted by Crippen LogP contribution is 2.33. The van der Waals surface area contributed by atoms with Gasteiger partial charge in [-0.15, -0.1) is 13.2 Å². The smallest absolute Gasteiger partial charge is 0.335 e. The number of carbonyl (C=O) groups is 1. The molecule has 0 radical (unpaired) electrons. The fraction of sp³-hybridized carbons (Fsp3) is 0.400. The Morgan fingerprint density at radius 1 is 0.923 bits per heavy atom. The van der Waals surface area contributed by atoms with E-state index < -0.39 is 5.97 Å². The van der Waals surface area contributed by atoms with Crippen LogP contribution in [0, 0.1) is 0 Å². The number of aromatic carboxylic acids is 1. The molecule has 3 aromatic carbocycles. The first-order valence-electron chi connectivity index (χ1n) is 19.1. The van der Waals surface area contributed by atoms with E-state index in [9.17, 15) is 9.90 Å². The molecule has 1 aliphatic carbocycles. The van der Waals surface area contributed by atoms with Crippen molar-refractivity contribution in [1.29, 1.82) is 0 Å². The van der Waals surface area contributed by atoms with Crippen LogP contribution in [0.15, 0.2) is 121 Å². The summed E-state index contributed by atoms with van der Waals surface area (Å²) in [6.45, 7) is 19.2. The average molecular weight is 705 g/mol. The molecule has 7 heteroatoms. The Hall–Kier alpha value is -4.75. The first kappa shape index (κ1) is 40.0.